The van der Waals surface area contributed by atoms with E-state index in [1.165, 1.54) is 0 Å². The van der Waals surface area contributed by atoms with Crippen LogP contribution in [0.1, 0.15) is 42.7 Å². The number of aliphatic hydroxyl groups excluding tert-OH is 1. The lowest BCUT2D eigenvalue weighted by Gasteiger charge is -2.27. The average molecular weight is 258 g/mol. The van der Waals surface area contributed by atoms with Gasteiger partial charge in [-0.1, -0.05) is 12.1 Å². The van der Waals surface area contributed by atoms with Gasteiger partial charge in [-0.25, -0.2) is 0 Å². The molecule has 0 amide bonds. The van der Waals surface area contributed by atoms with Crippen LogP contribution in [0.5, 0.6) is 0 Å². The monoisotopic (exact) mass is 258 g/mol. The van der Waals surface area contributed by atoms with E-state index in [-0.39, 0.29) is 6.61 Å². The fraction of sp³-hybridized carbons (Fsp3) is 0.571. The summed E-state index contributed by atoms with van der Waals surface area (Å²) in [6.07, 6.45) is -0.426. The lowest BCUT2D eigenvalue weighted by atomic mass is 9.79. The van der Waals surface area contributed by atoms with Gasteiger partial charge in [0.05, 0.1) is 5.56 Å². The minimum atomic E-state index is -4.26. The van der Waals surface area contributed by atoms with Gasteiger partial charge in [0, 0.05) is 6.61 Å². The molecule has 100 valence electrons. The van der Waals surface area contributed by atoms with Crippen LogP contribution in [0.4, 0.5) is 13.2 Å². The Morgan fingerprint density at radius 3 is 2.00 bits per heavy atom. The van der Waals surface area contributed by atoms with Gasteiger partial charge in [0.1, 0.15) is 0 Å². The second-order valence-corrected chi connectivity index (χ2v) is 5.02. The normalized spacial score (nSPS) is 25.1. The molecular weight excluding hydrogens is 241 g/mol. The molecule has 0 saturated heterocycles. The van der Waals surface area contributed by atoms with Gasteiger partial charge in [-0.3, -0.25) is 0 Å². The highest BCUT2D eigenvalue weighted by Gasteiger charge is 2.30. The van der Waals surface area contributed by atoms with Crippen LogP contribution >= 0.6 is 0 Å². The molecule has 1 saturated carbocycles. The van der Waals surface area contributed by atoms with Gasteiger partial charge in [-0.2, -0.15) is 13.2 Å². The highest BCUT2D eigenvalue weighted by atomic mass is 19.4. The van der Waals surface area contributed by atoms with Crippen LogP contribution in [0.25, 0.3) is 0 Å². The SMILES string of the molecule is OC[C@H]1CC[C@H](c2ccc(C(F)(F)F)cc2)CC1. The topological polar surface area (TPSA) is 20.2 Å². The van der Waals surface area contributed by atoms with Crippen LogP contribution in [0, 0.1) is 5.92 Å². The van der Waals surface area contributed by atoms with Gasteiger partial charge in [0.15, 0.2) is 0 Å². The van der Waals surface area contributed by atoms with E-state index in [4.69, 9.17) is 5.11 Å². The predicted octanol–water partition coefficient (Wildman–Crippen LogP) is 3.97. The maximum atomic E-state index is 12.4. The first-order chi connectivity index (χ1) is 8.50. The second-order valence-electron chi connectivity index (χ2n) is 5.02. The molecule has 0 unspecified atom stereocenters. The molecule has 2 rings (SSSR count). The summed E-state index contributed by atoms with van der Waals surface area (Å²) in [5, 5.41) is 9.05. The smallest absolute Gasteiger partial charge is 0.396 e. The van der Waals surface area contributed by atoms with Crippen molar-refractivity contribution in [2.24, 2.45) is 5.92 Å². The summed E-state index contributed by atoms with van der Waals surface area (Å²) in [4.78, 5) is 0. The predicted molar refractivity (Wildman–Crippen MR) is 63.2 cm³/mol. The number of benzene rings is 1. The molecule has 0 heterocycles. The van der Waals surface area contributed by atoms with Gasteiger partial charge in [0.2, 0.25) is 0 Å². The zero-order valence-electron chi connectivity index (χ0n) is 10.1. The first-order valence-corrected chi connectivity index (χ1v) is 6.28. The quantitative estimate of drug-likeness (QED) is 0.851. The summed E-state index contributed by atoms with van der Waals surface area (Å²) < 4.78 is 37.3. The van der Waals surface area contributed by atoms with E-state index in [1.54, 1.807) is 12.1 Å². The number of hydrogen-bond acceptors (Lipinski definition) is 1. The van der Waals surface area contributed by atoms with Crippen LogP contribution in [-0.4, -0.2) is 11.7 Å². The summed E-state index contributed by atoms with van der Waals surface area (Å²) in [5.74, 6) is 0.714. The van der Waals surface area contributed by atoms with Crippen molar-refractivity contribution in [2.75, 3.05) is 6.61 Å². The minimum Gasteiger partial charge on any atom is -0.396 e. The van der Waals surface area contributed by atoms with Crippen molar-refractivity contribution in [3.63, 3.8) is 0 Å². The van der Waals surface area contributed by atoms with E-state index in [0.29, 0.717) is 11.8 Å². The molecule has 0 atom stereocenters. The number of aliphatic hydroxyl groups is 1. The Labute approximate surface area is 105 Å². The van der Waals surface area contributed by atoms with E-state index in [1.807, 2.05) is 0 Å². The first kappa shape index (κ1) is 13.4. The van der Waals surface area contributed by atoms with E-state index in [2.05, 4.69) is 0 Å². The molecule has 1 aromatic carbocycles. The molecule has 0 aliphatic heterocycles. The zero-order valence-corrected chi connectivity index (χ0v) is 10.1. The molecule has 1 aliphatic carbocycles. The lowest BCUT2D eigenvalue weighted by Crippen LogP contribution is -2.16. The van der Waals surface area contributed by atoms with Crippen molar-refractivity contribution in [2.45, 2.75) is 37.8 Å². The van der Waals surface area contributed by atoms with Crippen LogP contribution in [-0.2, 0) is 6.18 Å². The summed E-state index contributed by atoms with van der Waals surface area (Å²) >= 11 is 0. The third-order valence-electron chi connectivity index (χ3n) is 3.81. The Morgan fingerprint density at radius 2 is 1.56 bits per heavy atom. The molecular formula is C14H17F3O. The lowest BCUT2D eigenvalue weighted by molar-refractivity contribution is -0.137. The molecule has 1 aromatic rings. The zero-order chi connectivity index (χ0) is 13.2. The van der Waals surface area contributed by atoms with Crippen molar-refractivity contribution >= 4 is 0 Å². The molecule has 0 bridgehead atoms. The van der Waals surface area contributed by atoms with E-state index >= 15 is 0 Å². The van der Waals surface area contributed by atoms with Gasteiger partial charge in [-0.05, 0) is 55.2 Å². The number of rotatable bonds is 2. The molecule has 18 heavy (non-hydrogen) atoms. The number of hydrogen-bond donors (Lipinski definition) is 1. The van der Waals surface area contributed by atoms with Gasteiger partial charge < -0.3 is 5.11 Å². The van der Waals surface area contributed by atoms with E-state index in [0.717, 1.165) is 43.4 Å². The molecule has 1 aliphatic rings. The van der Waals surface area contributed by atoms with Crippen LogP contribution < -0.4 is 0 Å². The summed E-state index contributed by atoms with van der Waals surface area (Å²) in [6, 6.07) is 5.50. The van der Waals surface area contributed by atoms with Crippen LogP contribution in [0.2, 0.25) is 0 Å². The fourth-order valence-corrected chi connectivity index (χ4v) is 2.62. The average Bonchev–Trinajstić information content (AvgIpc) is 2.38. The molecule has 4 heteroatoms. The Kier molecular flexibility index (Phi) is 3.95. The van der Waals surface area contributed by atoms with Gasteiger partial charge in [-0.15, -0.1) is 0 Å². The standard InChI is InChI=1S/C14H17F3O/c15-14(16,17)13-7-5-12(6-8-13)11-3-1-10(9-18)2-4-11/h5-8,10-11,18H,1-4,9H2/t10-,11-. The van der Waals surface area contributed by atoms with E-state index < -0.39 is 11.7 Å². The Morgan fingerprint density at radius 1 is 1.00 bits per heavy atom. The van der Waals surface area contributed by atoms with Crippen molar-refractivity contribution in [3.8, 4) is 0 Å². The van der Waals surface area contributed by atoms with Crippen LogP contribution in [0.15, 0.2) is 24.3 Å². The molecule has 0 aromatic heterocycles. The Bertz CT molecular complexity index is 375. The van der Waals surface area contributed by atoms with Crippen molar-refractivity contribution < 1.29 is 18.3 Å². The van der Waals surface area contributed by atoms with Crippen molar-refractivity contribution in [1.29, 1.82) is 0 Å². The third kappa shape index (κ3) is 3.05. The summed E-state index contributed by atoms with van der Waals surface area (Å²) in [6.45, 7) is 0.222. The second kappa shape index (κ2) is 5.31. The van der Waals surface area contributed by atoms with Crippen molar-refractivity contribution in [1.82, 2.24) is 0 Å². The molecule has 1 nitrogen and oxygen atoms in total. The maximum absolute atomic E-state index is 12.4. The molecule has 1 fully saturated rings. The van der Waals surface area contributed by atoms with Crippen LogP contribution in [0.3, 0.4) is 0 Å². The number of halogens is 3. The van der Waals surface area contributed by atoms with Crippen molar-refractivity contribution in [3.05, 3.63) is 35.4 Å². The highest BCUT2D eigenvalue weighted by Crippen LogP contribution is 2.37. The molecule has 1 N–H and O–H groups in total. The summed E-state index contributed by atoms with van der Waals surface area (Å²) in [5.41, 5.74) is 0.398. The molecule has 0 radical (unpaired) electrons. The maximum Gasteiger partial charge on any atom is 0.416 e. The largest absolute Gasteiger partial charge is 0.416 e. The van der Waals surface area contributed by atoms with E-state index in [9.17, 15) is 13.2 Å². The first-order valence-electron chi connectivity index (χ1n) is 6.28. The van der Waals surface area contributed by atoms with Gasteiger partial charge >= 0.3 is 6.18 Å². The Balaban J connectivity index is 2.02. The fourth-order valence-electron chi connectivity index (χ4n) is 2.62. The molecule has 0 spiro atoms. The number of alkyl halides is 3. The highest BCUT2D eigenvalue weighted by molar-refractivity contribution is 5.27. The third-order valence-corrected chi connectivity index (χ3v) is 3.81. The summed E-state index contributed by atoms with van der Waals surface area (Å²) in [7, 11) is 0. The Hall–Kier alpha value is -1.03. The minimum absolute atomic E-state index is 0.222. The van der Waals surface area contributed by atoms with Gasteiger partial charge in [0.25, 0.3) is 0 Å².